The third-order valence-electron chi connectivity index (χ3n) is 5.20. The molecule has 7 heteroatoms. The number of hydrogen-bond acceptors (Lipinski definition) is 5. The van der Waals surface area contributed by atoms with Gasteiger partial charge >= 0.3 is 7.12 Å². The fraction of sp³-hybridized carbons (Fsp3) is 0.368. The number of nitrogens with zero attached hydrogens (tertiary/aromatic N) is 3. The molecule has 0 bridgehead atoms. The van der Waals surface area contributed by atoms with Crippen LogP contribution >= 0.6 is 0 Å². The summed E-state index contributed by atoms with van der Waals surface area (Å²) in [5.41, 5.74) is 2.04. The number of fused-ring (bicyclic) bond motifs is 1. The minimum atomic E-state index is -0.375. The zero-order chi connectivity index (χ0) is 18.5. The molecule has 1 aliphatic heterocycles. The van der Waals surface area contributed by atoms with E-state index in [-0.39, 0.29) is 18.3 Å². The number of aromatic nitrogens is 3. The molecule has 4 rings (SSSR count). The largest absolute Gasteiger partial charge is 0.494 e. The maximum absolute atomic E-state index is 6.12. The standard InChI is InChI=1S/C19H22BN3O3/c1-13-10-14(20-25-18(2,3)19(4,5)26-20)6-7-16(13)24-15-8-9-23-17(11-15)21-12-22-23/h6-12H,1-5H3. The van der Waals surface area contributed by atoms with E-state index in [2.05, 4.69) is 37.8 Å². The van der Waals surface area contributed by atoms with Crippen molar-refractivity contribution in [3.8, 4) is 11.5 Å². The molecule has 0 saturated carbocycles. The molecule has 2 aromatic heterocycles. The van der Waals surface area contributed by atoms with Gasteiger partial charge < -0.3 is 14.0 Å². The van der Waals surface area contributed by atoms with Crippen molar-refractivity contribution in [3.05, 3.63) is 48.4 Å². The fourth-order valence-corrected chi connectivity index (χ4v) is 2.90. The normalized spacial score (nSPS) is 18.4. The molecule has 0 aliphatic carbocycles. The van der Waals surface area contributed by atoms with Crippen molar-refractivity contribution >= 4 is 18.2 Å². The second-order valence-electron chi connectivity index (χ2n) is 7.64. The minimum Gasteiger partial charge on any atom is -0.457 e. The van der Waals surface area contributed by atoms with E-state index in [4.69, 9.17) is 14.0 Å². The highest BCUT2D eigenvalue weighted by atomic mass is 16.7. The lowest BCUT2D eigenvalue weighted by atomic mass is 9.78. The lowest BCUT2D eigenvalue weighted by Crippen LogP contribution is -2.41. The van der Waals surface area contributed by atoms with Crippen molar-refractivity contribution in [3.63, 3.8) is 0 Å². The number of hydrogen-bond donors (Lipinski definition) is 0. The first-order chi connectivity index (χ1) is 12.2. The Morgan fingerprint density at radius 3 is 2.46 bits per heavy atom. The van der Waals surface area contributed by atoms with Crippen molar-refractivity contribution < 1.29 is 14.0 Å². The zero-order valence-corrected chi connectivity index (χ0v) is 15.7. The Morgan fingerprint density at radius 1 is 1.04 bits per heavy atom. The average molecular weight is 351 g/mol. The van der Waals surface area contributed by atoms with Crippen molar-refractivity contribution in [2.75, 3.05) is 0 Å². The summed E-state index contributed by atoms with van der Waals surface area (Å²) >= 11 is 0. The maximum atomic E-state index is 6.12. The van der Waals surface area contributed by atoms with E-state index < -0.39 is 0 Å². The van der Waals surface area contributed by atoms with E-state index >= 15 is 0 Å². The van der Waals surface area contributed by atoms with Crippen molar-refractivity contribution in [1.29, 1.82) is 0 Å². The van der Waals surface area contributed by atoms with E-state index in [1.54, 1.807) is 4.52 Å². The van der Waals surface area contributed by atoms with Gasteiger partial charge in [0, 0.05) is 12.3 Å². The van der Waals surface area contributed by atoms with Gasteiger partial charge in [-0.3, -0.25) is 0 Å². The Morgan fingerprint density at radius 2 is 1.77 bits per heavy atom. The third kappa shape index (κ3) is 2.87. The number of aryl methyl sites for hydroxylation is 1. The Kier molecular flexibility index (Phi) is 3.82. The van der Waals surface area contributed by atoms with Crippen LogP contribution in [0.15, 0.2) is 42.9 Å². The van der Waals surface area contributed by atoms with Gasteiger partial charge in [-0.25, -0.2) is 9.50 Å². The van der Waals surface area contributed by atoms with E-state index in [1.165, 1.54) is 6.33 Å². The zero-order valence-electron chi connectivity index (χ0n) is 15.7. The Labute approximate surface area is 153 Å². The van der Waals surface area contributed by atoms with E-state index in [9.17, 15) is 0 Å². The highest BCUT2D eigenvalue weighted by Crippen LogP contribution is 2.36. The summed E-state index contributed by atoms with van der Waals surface area (Å²) in [5.74, 6) is 1.51. The first kappa shape index (κ1) is 17.1. The lowest BCUT2D eigenvalue weighted by molar-refractivity contribution is 0.00578. The van der Waals surface area contributed by atoms with E-state index in [0.717, 1.165) is 28.2 Å². The molecule has 0 atom stereocenters. The smallest absolute Gasteiger partial charge is 0.457 e. The van der Waals surface area contributed by atoms with Gasteiger partial charge in [-0.1, -0.05) is 12.1 Å². The summed E-state index contributed by atoms with van der Waals surface area (Å²) in [5, 5.41) is 4.09. The molecular formula is C19H22BN3O3. The van der Waals surface area contributed by atoms with Crippen LogP contribution in [0.25, 0.3) is 5.65 Å². The highest BCUT2D eigenvalue weighted by Gasteiger charge is 2.51. The quantitative estimate of drug-likeness (QED) is 0.679. The third-order valence-corrected chi connectivity index (χ3v) is 5.20. The SMILES string of the molecule is Cc1cc(B2OC(C)(C)C(C)(C)O2)ccc1Oc1ccn2ncnc2c1. The van der Waals surface area contributed by atoms with Crippen LogP contribution < -0.4 is 10.2 Å². The van der Waals surface area contributed by atoms with Gasteiger partial charge in [0.05, 0.1) is 11.2 Å². The fourth-order valence-electron chi connectivity index (χ4n) is 2.90. The first-order valence-electron chi connectivity index (χ1n) is 8.69. The Balaban J connectivity index is 1.56. The summed E-state index contributed by atoms with van der Waals surface area (Å²) in [7, 11) is -0.375. The van der Waals surface area contributed by atoms with Crippen LogP contribution in [0, 0.1) is 6.92 Å². The summed E-state index contributed by atoms with van der Waals surface area (Å²) in [6.45, 7) is 10.2. The number of rotatable bonds is 3. The molecule has 0 spiro atoms. The molecule has 3 heterocycles. The number of benzene rings is 1. The molecule has 0 N–H and O–H groups in total. The summed E-state index contributed by atoms with van der Waals surface area (Å²) in [4.78, 5) is 4.18. The van der Waals surface area contributed by atoms with Crippen LogP contribution in [0.1, 0.15) is 33.3 Å². The molecule has 6 nitrogen and oxygen atoms in total. The average Bonchev–Trinajstić information content (AvgIpc) is 3.11. The van der Waals surface area contributed by atoms with Crippen LogP contribution in [-0.4, -0.2) is 32.9 Å². The summed E-state index contributed by atoms with van der Waals surface area (Å²) in [6.07, 6.45) is 3.34. The maximum Gasteiger partial charge on any atom is 0.494 e. The van der Waals surface area contributed by atoms with E-state index in [0.29, 0.717) is 0 Å². The predicted octanol–water partition coefficient (Wildman–Crippen LogP) is 3.13. The van der Waals surface area contributed by atoms with Gasteiger partial charge in [-0.05, 0) is 57.8 Å². The molecule has 134 valence electrons. The number of ether oxygens (including phenoxy) is 1. The molecule has 1 saturated heterocycles. The van der Waals surface area contributed by atoms with Gasteiger partial charge in [0.2, 0.25) is 0 Å². The Hall–Kier alpha value is -2.38. The minimum absolute atomic E-state index is 0.353. The Bertz CT molecular complexity index is 952. The summed E-state index contributed by atoms with van der Waals surface area (Å²) < 4.78 is 20.0. The van der Waals surface area contributed by atoms with Crippen molar-refractivity contribution in [1.82, 2.24) is 14.6 Å². The monoisotopic (exact) mass is 351 g/mol. The van der Waals surface area contributed by atoms with Crippen molar-refractivity contribution in [2.24, 2.45) is 0 Å². The molecule has 1 aromatic carbocycles. The van der Waals surface area contributed by atoms with Gasteiger partial charge in [0.25, 0.3) is 0 Å². The molecule has 26 heavy (non-hydrogen) atoms. The summed E-state index contributed by atoms with van der Waals surface area (Å²) in [6, 6.07) is 9.70. The topological polar surface area (TPSA) is 57.9 Å². The van der Waals surface area contributed by atoms with Crippen LogP contribution in [0.2, 0.25) is 0 Å². The molecule has 0 amide bonds. The van der Waals surface area contributed by atoms with Gasteiger partial charge in [-0.15, -0.1) is 0 Å². The second-order valence-corrected chi connectivity index (χ2v) is 7.64. The first-order valence-corrected chi connectivity index (χ1v) is 8.69. The van der Waals surface area contributed by atoms with E-state index in [1.807, 2.05) is 43.5 Å². The molecule has 3 aromatic rings. The molecule has 0 radical (unpaired) electrons. The van der Waals surface area contributed by atoms with Crippen LogP contribution in [0.3, 0.4) is 0 Å². The molecule has 0 unspecified atom stereocenters. The number of pyridine rings is 1. The molecular weight excluding hydrogens is 329 g/mol. The van der Waals surface area contributed by atoms with Gasteiger partial charge in [-0.2, -0.15) is 5.10 Å². The lowest BCUT2D eigenvalue weighted by Gasteiger charge is -2.32. The highest BCUT2D eigenvalue weighted by molar-refractivity contribution is 6.62. The molecule has 1 aliphatic rings. The van der Waals surface area contributed by atoms with Gasteiger partial charge in [0.1, 0.15) is 17.8 Å². The van der Waals surface area contributed by atoms with Crippen LogP contribution in [0.4, 0.5) is 0 Å². The van der Waals surface area contributed by atoms with Gasteiger partial charge in [0.15, 0.2) is 5.65 Å². The van der Waals surface area contributed by atoms with Crippen molar-refractivity contribution in [2.45, 2.75) is 45.8 Å². The predicted molar refractivity (Wildman–Crippen MR) is 100.0 cm³/mol. The van der Waals surface area contributed by atoms with Crippen LogP contribution in [-0.2, 0) is 9.31 Å². The second kappa shape index (κ2) is 5.82. The molecule has 1 fully saturated rings. The van der Waals surface area contributed by atoms with Crippen LogP contribution in [0.5, 0.6) is 11.5 Å².